The Kier molecular flexibility index (Phi) is 3.85. The topological polar surface area (TPSA) is 26.3 Å². The first-order chi connectivity index (χ1) is 6.09. The summed E-state index contributed by atoms with van der Waals surface area (Å²) >= 11 is 16.3. The van der Waals surface area contributed by atoms with Crippen LogP contribution in [0, 0.1) is 0 Å². The molecule has 0 bridgehead atoms. The van der Waals surface area contributed by atoms with Crippen LogP contribution in [-0.4, -0.2) is 5.43 Å². The normalized spacial score (nSPS) is 12.2. The zero-order valence-corrected chi connectivity index (χ0v) is 8.60. The zero-order valence-electron chi connectivity index (χ0n) is 6.34. The fourth-order valence-electron chi connectivity index (χ4n) is 0.763. The average molecular weight is 239 g/mol. The molecule has 1 rings (SSSR count). The number of carbonyl (C=O) groups excluding carboxylic acids is 1. The van der Waals surface area contributed by atoms with Crippen LogP contribution < -0.4 is 0 Å². The van der Waals surface area contributed by atoms with Crippen LogP contribution in [-0.2, 0) is 4.74 Å². The number of ether oxygens (including phenoxy) is 1. The lowest BCUT2D eigenvalue weighted by Crippen LogP contribution is -1.98. The number of benzene rings is 1. The highest BCUT2D eigenvalue weighted by atomic mass is 35.5. The Balaban J connectivity index is 2.71. The van der Waals surface area contributed by atoms with Crippen LogP contribution in [0.2, 0.25) is 5.02 Å². The van der Waals surface area contributed by atoms with Crippen LogP contribution in [0.4, 0.5) is 4.79 Å². The second kappa shape index (κ2) is 4.70. The van der Waals surface area contributed by atoms with Crippen LogP contribution in [0.3, 0.4) is 0 Å². The van der Waals surface area contributed by atoms with Gasteiger partial charge in [0.25, 0.3) is 0 Å². The van der Waals surface area contributed by atoms with Gasteiger partial charge >= 0.3 is 5.43 Å². The molecule has 0 heterocycles. The summed E-state index contributed by atoms with van der Waals surface area (Å²) in [6.45, 7) is 0. The van der Waals surface area contributed by atoms with Crippen molar-refractivity contribution in [3.63, 3.8) is 0 Å². The lowest BCUT2D eigenvalue weighted by atomic mass is 10.2. The predicted molar refractivity (Wildman–Crippen MR) is 52.4 cm³/mol. The van der Waals surface area contributed by atoms with Crippen molar-refractivity contribution >= 4 is 40.2 Å². The molecule has 0 aromatic heterocycles. The smallest absolute Gasteiger partial charge is 0.405 e. The van der Waals surface area contributed by atoms with Crippen LogP contribution in [0.25, 0.3) is 0 Å². The maximum absolute atomic E-state index is 10.3. The van der Waals surface area contributed by atoms with Crippen LogP contribution in [0.5, 0.6) is 0 Å². The molecule has 5 heteroatoms. The van der Waals surface area contributed by atoms with Crippen molar-refractivity contribution in [3.8, 4) is 0 Å². The second-order valence-electron chi connectivity index (χ2n) is 2.22. The summed E-state index contributed by atoms with van der Waals surface area (Å²) in [5.41, 5.74) is -1.18. The van der Waals surface area contributed by atoms with E-state index in [-0.39, 0.29) is 0 Å². The Morgan fingerprint density at radius 2 is 1.85 bits per heavy atom. The van der Waals surface area contributed by atoms with Crippen LogP contribution in [0.1, 0.15) is 11.1 Å². The minimum Gasteiger partial charge on any atom is -0.429 e. The molecular weight excluding hydrogens is 234 g/mol. The van der Waals surface area contributed by atoms with Gasteiger partial charge in [-0.15, -0.1) is 0 Å². The zero-order chi connectivity index (χ0) is 9.84. The molecule has 0 spiro atoms. The number of rotatable bonds is 2. The number of halogens is 3. The number of hydrogen-bond acceptors (Lipinski definition) is 2. The van der Waals surface area contributed by atoms with E-state index in [1.165, 1.54) is 0 Å². The molecule has 0 aliphatic rings. The lowest BCUT2D eigenvalue weighted by molar-refractivity contribution is 0.160. The van der Waals surface area contributed by atoms with Crippen molar-refractivity contribution in [2.75, 3.05) is 0 Å². The Bertz CT molecular complexity index is 297. The van der Waals surface area contributed by atoms with Gasteiger partial charge in [-0.2, -0.15) is 0 Å². The average Bonchev–Trinajstić information content (AvgIpc) is 2.04. The molecule has 13 heavy (non-hydrogen) atoms. The van der Waals surface area contributed by atoms with E-state index in [9.17, 15) is 4.79 Å². The Morgan fingerprint density at radius 1 is 1.31 bits per heavy atom. The third-order valence-corrected chi connectivity index (χ3v) is 2.01. The van der Waals surface area contributed by atoms with E-state index in [2.05, 4.69) is 4.74 Å². The summed E-state index contributed by atoms with van der Waals surface area (Å²) in [5, 5.41) is 0.588. The van der Waals surface area contributed by atoms with Gasteiger partial charge in [0, 0.05) is 22.2 Å². The highest BCUT2D eigenvalue weighted by Gasteiger charge is 2.11. The van der Waals surface area contributed by atoms with Crippen molar-refractivity contribution in [2.45, 2.75) is 5.56 Å². The minimum absolute atomic E-state index is 0.588. The highest BCUT2D eigenvalue weighted by molar-refractivity contribution is 6.61. The van der Waals surface area contributed by atoms with E-state index in [0.29, 0.717) is 10.6 Å². The standard InChI is InChI=1S/C8H5Cl3O2/c9-6-3-1-5(2-4-6)7(10)13-8(11)12/h1-4,7H. The van der Waals surface area contributed by atoms with Crippen LogP contribution >= 0.6 is 34.8 Å². The van der Waals surface area contributed by atoms with Gasteiger partial charge in [-0.05, 0) is 12.1 Å². The summed E-state index contributed by atoms with van der Waals surface area (Å²) in [4.78, 5) is 10.3. The van der Waals surface area contributed by atoms with E-state index >= 15 is 0 Å². The molecule has 0 aliphatic carbocycles. The monoisotopic (exact) mass is 238 g/mol. The summed E-state index contributed by atoms with van der Waals surface area (Å²) in [5.74, 6) is 0. The SMILES string of the molecule is O=C(Cl)OC(Cl)c1ccc(Cl)cc1. The molecule has 0 fully saturated rings. The molecule has 0 saturated carbocycles. The first-order valence-corrected chi connectivity index (χ1v) is 4.54. The second-order valence-corrected chi connectivity index (χ2v) is 3.36. The van der Waals surface area contributed by atoms with E-state index in [0.717, 1.165) is 0 Å². The summed E-state index contributed by atoms with van der Waals surface area (Å²) < 4.78 is 4.52. The molecule has 1 aromatic rings. The summed E-state index contributed by atoms with van der Waals surface area (Å²) in [7, 11) is 0. The molecular formula is C8H5Cl3O2. The third kappa shape index (κ3) is 3.43. The Labute approximate surface area is 90.3 Å². The molecule has 0 radical (unpaired) electrons. The summed E-state index contributed by atoms with van der Waals surface area (Å²) in [6.07, 6.45) is 0. The summed E-state index contributed by atoms with van der Waals surface area (Å²) in [6, 6.07) is 6.60. The van der Waals surface area contributed by atoms with E-state index in [1.54, 1.807) is 24.3 Å². The first kappa shape index (κ1) is 10.6. The van der Waals surface area contributed by atoms with Gasteiger partial charge in [0.2, 0.25) is 5.56 Å². The van der Waals surface area contributed by atoms with Gasteiger partial charge in [-0.25, -0.2) is 4.79 Å². The van der Waals surface area contributed by atoms with Gasteiger partial charge < -0.3 is 4.74 Å². The van der Waals surface area contributed by atoms with Crippen LogP contribution in [0.15, 0.2) is 24.3 Å². The number of alkyl halides is 1. The maximum atomic E-state index is 10.3. The highest BCUT2D eigenvalue weighted by Crippen LogP contribution is 2.24. The third-order valence-electron chi connectivity index (χ3n) is 1.33. The largest absolute Gasteiger partial charge is 0.429 e. The van der Waals surface area contributed by atoms with Crippen molar-refractivity contribution in [2.24, 2.45) is 0 Å². The molecule has 1 aromatic carbocycles. The molecule has 0 aliphatic heterocycles. The van der Waals surface area contributed by atoms with Gasteiger partial charge in [-0.1, -0.05) is 35.3 Å². The molecule has 2 nitrogen and oxygen atoms in total. The van der Waals surface area contributed by atoms with Crippen molar-refractivity contribution < 1.29 is 9.53 Å². The fraction of sp³-hybridized carbons (Fsp3) is 0.125. The quantitative estimate of drug-likeness (QED) is 0.577. The molecule has 0 N–H and O–H groups in total. The molecule has 0 amide bonds. The van der Waals surface area contributed by atoms with E-state index in [4.69, 9.17) is 34.8 Å². The van der Waals surface area contributed by atoms with Gasteiger partial charge in [-0.3, -0.25) is 0 Å². The van der Waals surface area contributed by atoms with Crippen molar-refractivity contribution in [1.29, 1.82) is 0 Å². The Morgan fingerprint density at radius 3 is 2.31 bits per heavy atom. The molecule has 0 saturated heterocycles. The predicted octanol–water partition coefficient (Wildman–Crippen LogP) is 3.95. The van der Waals surface area contributed by atoms with E-state index in [1.807, 2.05) is 0 Å². The van der Waals surface area contributed by atoms with Gasteiger partial charge in [0.05, 0.1) is 0 Å². The maximum Gasteiger partial charge on any atom is 0.405 e. The lowest BCUT2D eigenvalue weighted by Gasteiger charge is -2.08. The Hall–Kier alpha value is -0.440. The van der Waals surface area contributed by atoms with Crippen molar-refractivity contribution in [1.82, 2.24) is 0 Å². The first-order valence-electron chi connectivity index (χ1n) is 3.35. The van der Waals surface area contributed by atoms with Gasteiger partial charge in [0.15, 0.2) is 0 Å². The molecule has 1 unspecified atom stereocenters. The van der Waals surface area contributed by atoms with E-state index < -0.39 is 11.0 Å². The molecule has 1 atom stereocenters. The number of hydrogen-bond donors (Lipinski definition) is 0. The number of carbonyl (C=O) groups is 1. The van der Waals surface area contributed by atoms with Gasteiger partial charge in [0.1, 0.15) is 0 Å². The fourth-order valence-corrected chi connectivity index (χ4v) is 1.25. The molecule has 70 valence electrons. The van der Waals surface area contributed by atoms with Crippen molar-refractivity contribution in [3.05, 3.63) is 34.9 Å². The minimum atomic E-state index is -0.935.